The number of halogens is 3. The van der Waals surface area contributed by atoms with E-state index in [0.717, 1.165) is 16.7 Å². The van der Waals surface area contributed by atoms with Crippen molar-refractivity contribution in [2.45, 2.75) is 17.5 Å². The Morgan fingerprint density at radius 1 is 1.03 bits per heavy atom. The minimum absolute atomic E-state index is 0.242. The molecule has 0 amide bonds. The number of rotatable bonds is 9. The van der Waals surface area contributed by atoms with E-state index in [1.165, 1.54) is 11.8 Å². The molecule has 174 valence electrons. The molecule has 0 spiro atoms. The van der Waals surface area contributed by atoms with Gasteiger partial charge >= 0.3 is 0 Å². The summed E-state index contributed by atoms with van der Waals surface area (Å²) >= 11 is 19.8. The molecule has 1 heterocycles. The fraction of sp³-hybridized carbons (Fsp3) is 0.125. The Hall–Kier alpha value is -2.71. The van der Waals surface area contributed by atoms with Crippen molar-refractivity contribution >= 4 is 52.8 Å². The van der Waals surface area contributed by atoms with E-state index in [-0.39, 0.29) is 6.61 Å². The van der Waals surface area contributed by atoms with Gasteiger partial charge in [-0.1, -0.05) is 70.8 Å². The third-order valence-corrected chi connectivity index (χ3v) is 6.56. The van der Waals surface area contributed by atoms with Gasteiger partial charge in [-0.15, -0.1) is 10.2 Å². The van der Waals surface area contributed by atoms with E-state index in [4.69, 9.17) is 44.3 Å². The molecule has 6 nitrogen and oxygen atoms in total. The minimum atomic E-state index is 0.242. The molecule has 3 aromatic carbocycles. The first-order valence-corrected chi connectivity index (χ1v) is 12.2. The molecule has 4 aromatic rings. The first-order chi connectivity index (χ1) is 16.5. The molecule has 4 rings (SSSR count). The predicted molar refractivity (Wildman–Crippen MR) is 138 cm³/mol. The van der Waals surface area contributed by atoms with Gasteiger partial charge in [-0.25, -0.2) is 0 Å². The average Bonchev–Trinajstić information content (AvgIpc) is 3.29. The Balaban J connectivity index is 1.51. The first kappa shape index (κ1) is 24.4. The molecule has 0 atom stereocenters. The summed E-state index contributed by atoms with van der Waals surface area (Å²) in [4.78, 5) is 0. The Labute approximate surface area is 216 Å². The standard InChI is InChI=1S/C24H19Cl3N4O2S/c1-32-22-4-2-3-17(23(22)33-13-18-7-10-20(26)11-21(18)27)12-29-31-15-28-30-24(31)34-14-16-5-8-19(25)9-6-16/h2-12,15H,13-14H2,1H3/b29-12+. The number of nitrogens with zero attached hydrogens (tertiary/aromatic N) is 4. The summed E-state index contributed by atoms with van der Waals surface area (Å²) in [5.74, 6) is 1.83. The van der Waals surface area contributed by atoms with Crippen LogP contribution in [0.3, 0.4) is 0 Å². The van der Waals surface area contributed by atoms with Gasteiger partial charge < -0.3 is 9.47 Å². The summed E-state index contributed by atoms with van der Waals surface area (Å²) in [5, 5.41) is 15.1. The van der Waals surface area contributed by atoms with Crippen molar-refractivity contribution in [2.75, 3.05) is 7.11 Å². The number of thioether (sulfide) groups is 1. The first-order valence-electron chi connectivity index (χ1n) is 10.1. The predicted octanol–water partition coefficient (Wildman–Crippen LogP) is 7.00. The lowest BCUT2D eigenvalue weighted by Gasteiger charge is -2.14. The molecule has 0 fully saturated rings. The third-order valence-electron chi connectivity index (χ3n) is 4.72. The Bertz CT molecular complexity index is 1300. The van der Waals surface area contributed by atoms with Crippen LogP contribution >= 0.6 is 46.6 Å². The second kappa shape index (κ2) is 11.6. The number of ether oxygens (including phenoxy) is 2. The molecule has 0 saturated carbocycles. The number of methoxy groups -OCH3 is 1. The van der Waals surface area contributed by atoms with Crippen LogP contribution in [0.25, 0.3) is 0 Å². The molecule has 0 aliphatic heterocycles. The van der Waals surface area contributed by atoms with Gasteiger partial charge in [0.1, 0.15) is 12.9 Å². The van der Waals surface area contributed by atoms with E-state index >= 15 is 0 Å². The Morgan fingerprint density at radius 2 is 1.82 bits per heavy atom. The third kappa shape index (κ3) is 6.24. The summed E-state index contributed by atoms with van der Waals surface area (Å²) in [6.45, 7) is 0.242. The fourth-order valence-corrected chi connectivity index (χ4v) is 4.39. The molecular weight excluding hydrogens is 515 g/mol. The van der Waals surface area contributed by atoms with E-state index in [9.17, 15) is 0 Å². The average molecular weight is 534 g/mol. The van der Waals surface area contributed by atoms with Gasteiger partial charge in [-0.3, -0.25) is 0 Å². The minimum Gasteiger partial charge on any atom is -0.493 e. The molecule has 0 N–H and O–H groups in total. The highest BCUT2D eigenvalue weighted by molar-refractivity contribution is 7.98. The molecule has 0 saturated heterocycles. The summed E-state index contributed by atoms with van der Waals surface area (Å²) in [6, 6.07) is 18.5. The van der Waals surface area contributed by atoms with Gasteiger partial charge in [0.25, 0.3) is 0 Å². The van der Waals surface area contributed by atoms with E-state index in [0.29, 0.717) is 37.5 Å². The van der Waals surface area contributed by atoms with Gasteiger partial charge in [0.05, 0.1) is 13.3 Å². The van der Waals surface area contributed by atoms with Crippen LogP contribution in [0.2, 0.25) is 15.1 Å². The maximum atomic E-state index is 6.29. The zero-order valence-corrected chi connectivity index (χ0v) is 21.1. The van der Waals surface area contributed by atoms with Crippen LogP contribution < -0.4 is 9.47 Å². The van der Waals surface area contributed by atoms with Gasteiger partial charge in [0, 0.05) is 31.9 Å². The van der Waals surface area contributed by atoms with Crippen LogP contribution in [0, 0.1) is 0 Å². The van der Waals surface area contributed by atoms with Crippen molar-refractivity contribution in [3.8, 4) is 11.5 Å². The maximum Gasteiger partial charge on any atom is 0.212 e. The highest BCUT2D eigenvalue weighted by Gasteiger charge is 2.12. The van der Waals surface area contributed by atoms with Crippen LogP contribution in [0.1, 0.15) is 16.7 Å². The summed E-state index contributed by atoms with van der Waals surface area (Å²) in [7, 11) is 1.59. The van der Waals surface area contributed by atoms with Gasteiger partial charge in [-0.2, -0.15) is 9.78 Å². The lowest BCUT2D eigenvalue weighted by atomic mass is 10.2. The van der Waals surface area contributed by atoms with E-state index in [1.807, 2.05) is 48.5 Å². The van der Waals surface area contributed by atoms with Crippen molar-refractivity contribution in [3.05, 3.63) is 98.7 Å². The monoisotopic (exact) mass is 532 g/mol. The van der Waals surface area contributed by atoms with Crippen molar-refractivity contribution in [3.63, 3.8) is 0 Å². The normalized spacial score (nSPS) is 11.2. The fourth-order valence-electron chi connectivity index (χ4n) is 2.98. The zero-order chi connectivity index (χ0) is 23.9. The smallest absolute Gasteiger partial charge is 0.212 e. The summed E-state index contributed by atoms with van der Waals surface area (Å²) < 4.78 is 13.2. The topological polar surface area (TPSA) is 61.5 Å². The quantitative estimate of drug-likeness (QED) is 0.171. The highest BCUT2D eigenvalue weighted by atomic mass is 35.5. The second-order valence-corrected chi connectivity index (χ2v) is 9.24. The molecule has 0 radical (unpaired) electrons. The van der Waals surface area contributed by atoms with Gasteiger partial charge in [-0.05, 0) is 42.0 Å². The van der Waals surface area contributed by atoms with E-state index in [1.54, 1.807) is 36.5 Å². The van der Waals surface area contributed by atoms with Crippen LogP contribution in [-0.2, 0) is 12.4 Å². The van der Waals surface area contributed by atoms with Crippen LogP contribution in [0.5, 0.6) is 11.5 Å². The molecule has 0 aliphatic rings. The lowest BCUT2D eigenvalue weighted by molar-refractivity contribution is 0.284. The van der Waals surface area contributed by atoms with Crippen molar-refractivity contribution in [1.29, 1.82) is 0 Å². The molecule has 10 heteroatoms. The van der Waals surface area contributed by atoms with Gasteiger partial charge in [0.2, 0.25) is 5.16 Å². The van der Waals surface area contributed by atoms with Crippen LogP contribution in [-0.4, -0.2) is 28.2 Å². The number of benzene rings is 3. The number of para-hydroxylation sites is 1. The number of hydrogen-bond donors (Lipinski definition) is 0. The zero-order valence-electron chi connectivity index (χ0n) is 18.0. The molecule has 1 aromatic heterocycles. The highest BCUT2D eigenvalue weighted by Crippen LogP contribution is 2.32. The molecule has 0 unspecified atom stereocenters. The number of hydrogen-bond acceptors (Lipinski definition) is 6. The Morgan fingerprint density at radius 3 is 2.59 bits per heavy atom. The van der Waals surface area contributed by atoms with Crippen molar-refractivity contribution < 1.29 is 9.47 Å². The largest absolute Gasteiger partial charge is 0.493 e. The molecule has 0 bridgehead atoms. The second-order valence-electron chi connectivity index (χ2n) is 7.02. The van der Waals surface area contributed by atoms with Crippen LogP contribution in [0.4, 0.5) is 0 Å². The lowest BCUT2D eigenvalue weighted by Crippen LogP contribution is -2.02. The molecule has 0 aliphatic carbocycles. The van der Waals surface area contributed by atoms with Crippen molar-refractivity contribution in [1.82, 2.24) is 14.9 Å². The Kier molecular flexibility index (Phi) is 8.34. The van der Waals surface area contributed by atoms with Crippen LogP contribution in [0.15, 0.2) is 77.2 Å². The molecular formula is C24H19Cl3N4O2S. The molecule has 34 heavy (non-hydrogen) atoms. The summed E-state index contributed by atoms with van der Waals surface area (Å²) in [5.41, 5.74) is 2.66. The number of aromatic nitrogens is 3. The maximum absolute atomic E-state index is 6.29. The van der Waals surface area contributed by atoms with Gasteiger partial charge in [0.15, 0.2) is 11.5 Å². The SMILES string of the molecule is COc1cccc(/C=N/n2cnnc2SCc2ccc(Cl)cc2)c1OCc1ccc(Cl)cc1Cl. The van der Waals surface area contributed by atoms with E-state index in [2.05, 4.69) is 15.3 Å². The van der Waals surface area contributed by atoms with E-state index < -0.39 is 0 Å². The van der Waals surface area contributed by atoms with Crippen molar-refractivity contribution in [2.24, 2.45) is 5.10 Å². The summed E-state index contributed by atoms with van der Waals surface area (Å²) in [6.07, 6.45) is 3.23.